The van der Waals surface area contributed by atoms with Crippen molar-refractivity contribution in [3.05, 3.63) is 17.0 Å². The van der Waals surface area contributed by atoms with Crippen LogP contribution >= 0.6 is 0 Å². The van der Waals surface area contributed by atoms with Crippen LogP contribution in [0.5, 0.6) is 0 Å². The molecule has 5 heteroatoms. The SMILES string of the molecule is Cc1noc(C)c1C(=O)NC1CCC(N)CC1. The van der Waals surface area contributed by atoms with Crippen molar-refractivity contribution in [1.82, 2.24) is 10.5 Å². The van der Waals surface area contributed by atoms with E-state index in [0.717, 1.165) is 25.7 Å². The molecule has 1 fully saturated rings. The molecule has 94 valence electrons. The average Bonchev–Trinajstić information content (AvgIpc) is 2.62. The van der Waals surface area contributed by atoms with Crippen LogP contribution in [-0.4, -0.2) is 23.1 Å². The maximum absolute atomic E-state index is 12.1. The molecular formula is C12H19N3O2. The fraction of sp³-hybridized carbons (Fsp3) is 0.667. The van der Waals surface area contributed by atoms with Crippen LogP contribution in [0.3, 0.4) is 0 Å². The Morgan fingerprint density at radius 3 is 2.53 bits per heavy atom. The van der Waals surface area contributed by atoms with Crippen molar-refractivity contribution in [2.75, 3.05) is 0 Å². The molecule has 2 rings (SSSR count). The molecule has 1 aliphatic carbocycles. The van der Waals surface area contributed by atoms with E-state index in [-0.39, 0.29) is 11.9 Å². The van der Waals surface area contributed by atoms with Gasteiger partial charge in [0.2, 0.25) is 0 Å². The highest BCUT2D eigenvalue weighted by Crippen LogP contribution is 2.18. The van der Waals surface area contributed by atoms with Crippen molar-refractivity contribution in [1.29, 1.82) is 0 Å². The Labute approximate surface area is 101 Å². The van der Waals surface area contributed by atoms with Gasteiger partial charge in [0.1, 0.15) is 11.3 Å². The van der Waals surface area contributed by atoms with Crippen molar-refractivity contribution < 1.29 is 9.32 Å². The smallest absolute Gasteiger partial charge is 0.257 e. The molecule has 0 bridgehead atoms. The summed E-state index contributed by atoms with van der Waals surface area (Å²) in [5, 5.41) is 6.82. The summed E-state index contributed by atoms with van der Waals surface area (Å²) in [7, 11) is 0. The van der Waals surface area contributed by atoms with Crippen molar-refractivity contribution in [2.24, 2.45) is 5.73 Å². The maximum atomic E-state index is 12.1. The molecule has 0 radical (unpaired) electrons. The largest absolute Gasteiger partial charge is 0.361 e. The van der Waals surface area contributed by atoms with E-state index in [1.54, 1.807) is 13.8 Å². The zero-order chi connectivity index (χ0) is 12.4. The second-order valence-electron chi connectivity index (χ2n) is 4.78. The summed E-state index contributed by atoms with van der Waals surface area (Å²) in [5.41, 5.74) is 7.05. The first-order chi connectivity index (χ1) is 8.08. The predicted molar refractivity (Wildman–Crippen MR) is 63.7 cm³/mol. The number of hydrogen-bond acceptors (Lipinski definition) is 4. The number of carbonyl (C=O) groups excluding carboxylic acids is 1. The Morgan fingerprint density at radius 1 is 1.35 bits per heavy atom. The van der Waals surface area contributed by atoms with E-state index in [4.69, 9.17) is 10.3 Å². The number of carbonyl (C=O) groups is 1. The molecule has 1 aromatic rings. The first kappa shape index (κ1) is 12.1. The highest BCUT2D eigenvalue weighted by atomic mass is 16.5. The van der Waals surface area contributed by atoms with Gasteiger partial charge in [-0.05, 0) is 39.5 Å². The fourth-order valence-corrected chi connectivity index (χ4v) is 2.33. The first-order valence-electron chi connectivity index (χ1n) is 6.07. The Kier molecular flexibility index (Phi) is 3.47. The summed E-state index contributed by atoms with van der Waals surface area (Å²) in [6, 6.07) is 0.526. The van der Waals surface area contributed by atoms with Crippen LogP contribution in [-0.2, 0) is 0 Å². The lowest BCUT2D eigenvalue weighted by atomic mass is 9.91. The monoisotopic (exact) mass is 237 g/mol. The van der Waals surface area contributed by atoms with Gasteiger partial charge in [0.25, 0.3) is 5.91 Å². The topological polar surface area (TPSA) is 81.2 Å². The van der Waals surface area contributed by atoms with Crippen molar-refractivity contribution in [2.45, 2.75) is 51.6 Å². The minimum absolute atomic E-state index is 0.0817. The van der Waals surface area contributed by atoms with Gasteiger partial charge in [-0.25, -0.2) is 0 Å². The second kappa shape index (κ2) is 4.87. The zero-order valence-electron chi connectivity index (χ0n) is 10.3. The Hall–Kier alpha value is -1.36. The summed E-state index contributed by atoms with van der Waals surface area (Å²) in [5.74, 6) is 0.495. The number of nitrogens with zero attached hydrogens (tertiary/aromatic N) is 1. The number of nitrogens with two attached hydrogens (primary N) is 1. The number of aromatic nitrogens is 1. The number of hydrogen-bond donors (Lipinski definition) is 2. The van der Waals surface area contributed by atoms with E-state index in [1.807, 2.05) is 0 Å². The molecule has 0 aliphatic heterocycles. The highest BCUT2D eigenvalue weighted by Gasteiger charge is 2.23. The van der Waals surface area contributed by atoms with Crippen LogP contribution < -0.4 is 11.1 Å². The van der Waals surface area contributed by atoms with Gasteiger partial charge in [-0.1, -0.05) is 5.16 Å². The quantitative estimate of drug-likeness (QED) is 0.812. The number of aryl methyl sites for hydroxylation is 2. The third-order valence-electron chi connectivity index (χ3n) is 3.37. The van der Waals surface area contributed by atoms with Crippen LogP contribution in [0.25, 0.3) is 0 Å². The lowest BCUT2D eigenvalue weighted by Gasteiger charge is -2.26. The molecule has 1 amide bonds. The second-order valence-corrected chi connectivity index (χ2v) is 4.78. The van der Waals surface area contributed by atoms with Crippen LogP contribution in [0, 0.1) is 13.8 Å². The summed E-state index contributed by atoms with van der Waals surface area (Å²) < 4.78 is 4.99. The van der Waals surface area contributed by atoms with Gasteiger partial charge in [-0.15, -0.1) is 0 Å². The van der Waals surface area contributed by atoms with Crippen LogP contribution in [0.1, 0.15) is 47.5 Å². The summed E-state index contributed by atoms with van der Waals surface area (Å²) in [4.78, 5) is 12.1. The number of rotatable bonds is 2. The minimum atomic E-state index is -0.0817. The van der Waals surface area contributed by atoms with E-state index in [0.29, 0.717) is 23.1 Å². The summed E-state index contributed by atoms with van der Waals surface area (Å²) in [6.45, 7) is 3.54. The van der Waals surface area contributed by atoms with Crippen LogP contribution in [0.4, 0.5) is 0 Å². The molecular weight excluding hydrogens is 218 g/mol. The average molecular weight is 237 g/mol. The normalized spacial score (nSPS) is 24.6. The lowest BCUT2D eigenvalue weighted by Crippen LogP contribution is -2.40. The van der Waals surface area contributed by atoms with E-state index in [9.17, 15) is 4.79 Å². The molecule has 1 saturated carbocycles. The molecule has 0 atom stereocenters. The predicted octanol–water partition coefficient (Wildman–Crippen LogP) is 1.29. The summed E-state index contributed by atoms with van der Waals surface area (Å²) in [6.07, 6.45) is 3.87. The third-order valence-corrected chi connectivity index (χ3v) is 3.37. The van der Waals surface area contributed by atoms with Gasteiger partial charge < -0.3 is 15.6 Å². The van der Waals surface area contributed by atoms with Crippen molar-refractivity contribution in [3.8, 4) is 0 Å². The van der Waals surface area contributed by atoms with E-state index in [2.05, 4.69) is 10.5 Å². The first-order valence-corrected chi connectivity index (χ1v) is 6.07. The molecule has 0 aromatic carbocycles. The highest BCUT2D eigenvalue weighted by molar-refractivity contribution is 5.96. The fourth-order valence-electron chi connectivity index (χ4n) is 2.33. The maximum Gasteiger partial charge on any atom is 0.257 e. The third kappa shape index (κ3) is 2.66. The lowest BCUT2D eigenvalue weighted by molar-refractivity contribution is 0.0924. The minimum Gasteiger partial charge on any atom is -0.361 e. The number of nitrogens with one attached hydrogen (secondary N) is 1. The molecule has 0 unspecified atom stereocenters. The molecule has 5 nitrogen and oxygen atoms in total. The zero-order valence-corrected chi connectivity index (χ0v) is 10.3. The Morgan fingerprint density at radius 2 is 2.00 bits per heavy atom. The molecule has 17 heavy (non-hydrogen) atoms. The van der Waals surface area contributed by atoms with Crippen molar-refractivity contribution in [3.63, 3.8) is 0 Å². The molecule has 1 heterocycles. The van der Waals surface area contributed by atoms with E-state index >= 15 is 0 Å². The van der Waals surface area contributed by atoms with E-state index < -0.39 is 0 Å². The molecule has 3 N–H and O–H groups in total. The number of amides is 1. The van der Waals surface area contributed by atoms with Crippen LogP contribution in [0.15, 0.2) is 4.52 Å². The molecule has 0 spiro atoms. The van der Waals surface area contributed by atoms with Gasteiger partial charge in [0, 0.05) is 12.1 Å². The van der Waals surface area contributed by atoms with Gasteiger partial charge >= 0.3 is 0 Å². The van der Waals surface area contributed by atoms with E-state index in [1.165, 1.54) is 0 Å². The van der Waals surface area contributed by atoms with Gasteiger partial charge in [0.05, 0.1) is 5.69 Å². The van der Waals surface area contributed by atoms with Gasteiger partial charge in [-0.2, -0.15) is 0 Å². The van der Waals surface area contributed by atoms with Crippen molar-refractivity contribution >= 4 is 5.91 Å². The Balaban J connectivity index is 1.98. The standard InChI is InChI=1S/C12H19N3O2/c1-7-11(8(2)17-15-7)12(16)14-10-5-3-9(13)4-6-10/h9-10H,3-6,13H2,1-2H3,(H,14,16). The molecule has 1 aromatic heterocycles. The summed E-state index contributed by atoms with van der Waals surface area (Å²) >= 11 is 0. The van der Waals surface area contributed by atoms with Gasteiger partial charge in [-0.3, -0.25) is 4.79 Å². The molecule has 1 aliphatic rings. The molecule has 0 saturated heterocycles. The van der Waals surface area contributed by atoms with Crippen LogP contribution in [0.2, 0.25) is 0 Å². The van der Waals surface area contributed by atoms with Gasteiger partial charge in [0.15, 0.2) is 0 Å². The Bertz CT molecular complexity index is 386.